The van der Waals surface area contributed by atoms with Gasteiger partial charge < -0.3 is 4.90 Å². The van der Waals surface area contributed by atoms with E-state index < -0.39 is 0 Å². The number of fused-ring (bicyclic) bond motifs is 1. The van der Waals surface area contributed by atoms with Crippen molar-refractivity contribution in [2.75, 3.05) is 18.0 Å². The van der Waals surface area contributed by atoms with Crippen molar-refractivity contribution in [1.82, 2.24) is 15.0 Å². The van der Waals surface area contributed by atoms with E-state index in [4.69, 9.17) is 9.97 Å². The Hall–Kier alpha value is -1.62. The third-order valence-corrected chi connectivity index (χ3v) is 7.61. The number of nitrogens with zero attached hydrogens (tertiary/aromatic N) is 4. The number of hydrogen-bond acceptors (Lipinski definition) is 5. The summed E-state index contributed by atoms with van der Waals surface area (Å²) in [6.45, 7) is 2.28. The first-order valence-corrected chi connectivity index (χ1v) is 10.8. The molecule has 2 fully saturated rings. The van der Waals surface area contributed by atoms with Crippen LogP contribution >= 0.6 is 11.8 Å². The maximum absolute atomic E-state index is 4.73. The van der Waals surface area contributed by atoms with Crippen LogP contribution in [0.25, 0.3) is 0 Å². The first-order chi connectivity index (χ1) is 12.8. The van der Waals surface area contributed by atoms with Crippen LogP contribution in [0.2, 0.25) is 0 Å². The van der Waals surface area contributed by atoms with Crippen molar-refractivity contribution < 1.29 is 0 Å². The highest BCUT2D eigenvalue weighted by Crippen LogP contribution is 2.46. The van der Waals surface area contributed by atoms with Gasteiger partial charge in [-0.3, -0.25) is 4.98 Å². The Kier molecular flexibility index (Phi) is 4.35. The van der Waals surface area contributed by atoms with E-state index >= 15 is 0 Å². The number of aryl methyl sites for hydroxylation is 1. The third-order valence-electron chi connectivity index (χ3n) is 6.58. The van der Waals surface area contributed by atoms with Crippen LogP contribution in [0.4, 0.5) is 5.82 Å². The predicted octanol–water partition coefficient (Wildman–Crippen LogP) is 4.67. The van der Waals surface area contributed by atoms with Gasteiger partial charge in [0, 0.05) is 29.9 Å². The van der Waals surface area contributed by atoms with E-state index in [1.54, 1.807) is 11.8 Å². The van der Waals surface area contributed by atoms with E-state index in [1.807, 2.05) is 18.6 Å². The normalized spacial score (nSPS) is 21.3. The summed E-state index contributed by atoms with van der Waals surface area (Å²) in [5.74, 6) is 1.04. The highest BCUT2D eigenvalue weighted by atomic mass is 32.2. The summed E-state index contributed by atoms with van der Waals surface area (Å²) in [6.07, 6.45) is 17.7. The van der Waals surface area contributed by atoms with Crippen LogP contribution in [0.3, 0.4) is 0 Å². The van der Waals surface area contributed by atoms with E-state index in [0.717, 1.165) is 36.8 Å². The molecule has 0 aromatic carbocycles. The quantitative estimate of drug-likeness (QED) is 0.789. The van der Waals surface area contributed by atoms with Crippen LogP contribution in [0, 0.1) is 5.41 Å². The number of piperidine rings is 1. The van der Waals surface area contributed by atoms with Gasteiger partial charge in [0.25, 0.3) is 0 Å². The molecule has 0 radical (unpaired) electrons. The Labute approximate surface area is 159 Å². The van der Waals surface area contributed by atoms with Gasteiger partial charge in [0.2, 0.25) is 0 Å². The molecule has 0 unspecified atom stereocenters. The lowest BCUT2D eigenvalue weighted by molar-refractivity contribution is 0.226. The minimum absolute atomic E-state index is 0.654. The van der Waals surface area contributed by atoms with Crippen molar-refractivity contribution in [1.29, 1.82) is 0 Å². The van der Waals surface area contributed by atoms with E-state index in [1.165, 1.54) is 61.1 Å². The summed E-state index contributed by atoms with van der Waals surface area (Å²) >= 11 is 1.73. The molecule has 0 bridgehead atoms. The molecule has 0 N–H and O–H groups in total. The van der Waals surface area contributed by atoms with Crippen molar-refractivity contribution in [2.24, 2.45) is 5.41 Å². The van der Waals surface area contributed by atoms with Gasteiger partial charge in [-0.2, -0.15) is 0 Å². The summed E-state index contributed by atoms with van der Waals surface area (Å²) in [5.41, 5.74) is 3.34. The second kappa shape index (κ2) is 6.84. The van der Waals surface area contributed by atoms with Crippen LogP contribution in [0.1, 0.15) is 56.2 Å². The second-order valence-electron chi connectivity index (χ2n) is 8.10. The predicted molar refractivity (Wildman–Crippen MR) is 105 cm³/mol. The van der Waals surface area contributed by atoms with E-state index in [9.17, 15) is 0 Å². The van der Waals surface area contributed by atoms with Gasteiger partial charge in [0.05, 0.1) is 12.4 Å². The van der Waals surface area contributed by atoms with Gasteiger partial charge in [0.15, 0.2) is 0 Å². The first-order valence-electron chi connectivity index (χ1n) is 10.0. The molecule has 1 aliphatic heterocycles. The van der Waals surface area contributed by atoms with Crippen molar-refractivity contribution in [3.05, 3.63) is 35.9 Å². The highest BCUT2D eigenvalue weighted by Gasteiger charge is 2.37. The zero-order valence-corrected chi connectivity index (χ0v) is 16.1. The van der Waals surface area contributed by atoms with Crippen LogP contribution < -0.4 is 4.90 Å². The summed E-state index contributed by atoms with van der Waals surface area (Å²) < 4.78 is 0. The maximum atomic E-state index is 4.73. The SMILES string of the molecule is c1cc(Sc2cnc(N3CCC4(CCCC4)CC3)cn2)c2c(n1)CCC2. The van der Waals surface area contributed by atoms with E-state index in [0.29, 0.717) is 5.41 Å². The zero-order valence-electron chi connectivity index (χ0n) is 15.3. The second-order valence-corrected chi connectivity index (χ2v) is 9.16. The lowest BCUT2D eigenvalue weighted by atomic mass is 9.77. The Bertz CT molecular complexity index is 773. The Morgan fingerprint density at radius 3 is 2.50 bits per heavy atom. The smallest absolute Gasteiger partial charge is 0.147 e. The average molecular weight is 367 g/mol. The topological polar surface area (TPSA) is 41.9 Å². The number of anilines is 1. The molecule has 0 atom stereocenters. The fourth-order valence-corrected chi connectivity index (χ4v) is 5.91. The van der Waals surface area contributed by atoms with Crippen molar-refractivity contribution in [3.8, 4) is 0 Å². The lowest BCUT2D eigenvalue weighted by Gasteiger charge is -2.39. The Balaban J connectivity index is 1.26. The lowest BCUT2D eigenvalue weighted by Crippen LogP contribution is -2.39. The molecular weight excluding hydrogens is 340 g/mol. The molecular formula is C21H26N4S. The molecule has 2 aromatic heterocycles. The van der Waals surface area contributed by atoms with E-state index in [2.05, 4.69) is 16.0 Å². The molecule has 2 aromatic rings. The molecule has 2 aliphatic carbocycles. The minimum atomic E-state index is 0.654. The molecule has 1 saturated heterocycles. The monoisotopic (exact) mass is 366 g/mol. The van der Waals surface area contributed by atoms with Crippen molar-refractivity contribution in [2.45, 2.75) is 67.7 Å². The maximum Gasteiger partial charge on any atom is 0.147 e. The van der Waals surface area contributed by atoms with Crippen LogP contribution in [0.15, 0.2) is 34.6 Å². The summed E-state index contributed by atoms with van der Waals surface area (Å²) in [6, 6.07) is 2.12. The van der Waals surface area contributed by atoms with Gasteiger partial charge in [-0.1, -0.05) is 24.6 Å². The molecule has 26 heavy (non-hydrogen) atoms. The Morgan fingerprint density at radius 2 is 1.73 bits per heavy atom. The number of hydrogen-bond donors (Lipinski definition) is 0. The fourth-order valence-electron chi connectivity index (χ4n) is 5.00. The van der Waals surface area contributed by atoms with Gasteiger partial charge >= 0.3 is 0 Å². The summed E-state index contributed by atoms with van der Waals surface area (Å²) in [5, 5.41) is 0.985. The average Bonchev–Trinajstić information content (AvgIpc) is 3.34. The zero-order chi connectivity index (χ0) is 17.4. The number of aromatic nitrogens is 3. The molecule has 0 amide bonds. The number of rotatable bonds is 3. The third kappa shape index (κ3) is 3.11. The largest absolute Gasteiger partial charge is 0.355 e. The van der Waals surface area contributed by atoms with Gasteiger partial charge in [-0.05, 0) is 62.0 Å². The fraction of sp³-hybridized carbons (Fsp3) is 0.571. The standard InChI is InChI=1S/C21H26N4S/c1-2-8-21(7-1)9-12-25(13-10-21)19-14-24-20(15-23-19)26-18-6-11-22-17-5-3-4-16(17)18/h6,11,14-15H,1-5,7-10,12-13H2. The van der Waals surface area contributed by atoms with Crippen LogP contribution in [-0.2, 0) is 12.8 Å². The molecule has 3 aliphatic rings. The molecule has 1 spiro atoms. The van der Waals surface area contributed by atoms with Crippen LogP contribution in [0.5, 0.6) is 0 Å². The molecule has 5 rings (SSSR count). The summed E-state index contributed by atoms with van der Waals surface area (Å²) in [4.78, 5) is 17.7. The molecule has 5 heteroatoms. The van der Waals surface area contributed by atoms with Crippen molar-refractivity contribution in [3.63, 3.8) is 0 Å². The van der Waals surface area contributed by atoms with Gasteiger partial charge in [-0.15, -0.1) is 0 Å². The Morgan fingerprint density at radius 1 is 0.885 bits per heavy atom. The molecule has 1 saturated carbocycles. The van der Waals surface area contributed by atoms with Crippen molar-refractivity contribution >= 4 is 17.6 Å². The number of pyridine rings is 1. The minimum Gasteiger partial charge on any atom is -0.355 e. The van der Waals surface area contributed by atoms with Gasteiger partial charge in [0.1, 0.15) is 10.8 Å². The summed E-state index contributed by atoms with van der Waals surface area (Å²) in [7, 11) is 0. The molecule has 3 heterocycles. The van der Waals surface area contributed by atoms with E-state index in [-0.39, 0.29) is 0 Å². The first kappa shape index (κ1) is 16.5. The van der Waals surface area contributed by atoms with Crippen LogP contribution in [-0.4, -0.2) is 28.0 Å². The van der Waals surface area contributed by atoms with Gasteiger partial charge in [-0.25, -0.2) is 9.97 Å². The highest BCUT2D eigenvalue weighted by molar-refractivity contribution is 7.99. The molecule has 136 valence electrons. The molecule has 4 nitrogen and oxygen atoms in total.